The molecule has 34 heavy (non-hydrogen) atoms. The molecule has 1 atom stereocenters. The summed E-state index contributed by atoms with van der Waals surface area (Å²) in [4.78, 5) is 12.1. The molecule has 1 unspecified atom stereocenters. The van der Waals surface area contributed by atoms with Crippen LogP contribution in [0.25, 0.3) is 5.76 Å². The first-order chi connectivity index (χ1) is 16.7. The number of carbonyl (C=O) groups excluding carboxylic acids is 1. The summed E-state index contributed by atoms with van der Waals surface area (Å²) in [6, 6.07) is 20.8. The van der Waals surface area contributed by atoms with E-state index in [4.69, 9.17) is 23.7 Å². The first kappa shape index (κ1) is 23.1. The molecule has 4 rings (SSSR count). The van der Waals surface area contributed by atoms with Gasteiger partial charge in [-0.05, 0) is 35.9 Å². The standard InChI is InChI=1S/C28H26O6/c1-3-13-31-23-11-9-21(10-12-23)25-14-22(17-29)28-26(32-18-20-7-5-4-6-8-20)15-24(33-19-30-2)16-27(28)34-25/h3-12,14-17,22H,1,13,18-19H2,2H3. The van der Waals surface area contributed by atoms with Gasteiger partial charge in [0.1, 0.15) is 48.3 Å². The number of aldehydes is 1. The molecule has 3 aromatic carbocycles. The van der Waals surface area contributed by atoms with Crippen molar-refractivity contribution in [3.8, 4) is 23.0 Å². The fourth-order valence-corrected chi connectivity index (χ4v) is 3.59. The Bertz CT molecular complexity index is 1150. The Morgan fingerprint density at radius 3 is 2.47 bits per heavy atom. The van der Waals surface area contributed by atoms with E-state index in [2.05, 4.69) is 6.58 Å². The zero-order valence-corrected chi connectivity index (χ0v) is 18.9. The number of methoxy groups -OCH3 is 1. The van der Waals surface area contributed by atoms with E-state index in [1.807, 2.05) is 54.6 Å². The average Bonchev–Trinajstić information content (AvgIpc) is 2.89. The number of rotatable bonds is 11. The fraction of sp³-hybridized carbons (Fsp3) is 0.179. The van der Waals surface area contributed by atoms with Gasteiger partial charge in [-0.25, -0.2) is 0 Å². The molecule has 6 nitrogen and oxygen atoms in total. The number of allylic oxidation sites excluding steroid dienone is 1. The van der Waals surface area contributed by atoms with Crippen LogP contribution in [0, 0.1) is 0 Å². The van der Waals surface area contributed by atoms with Crippen molar-refractivity contribution < 1.29 is 28.5 Å². The van der Waals surface area contributed by atoms with Crippen molar-refractivity contribution in [2.45, 2.75) is 12.5 Å². The zero-order chi connectivity index (χ0) is 23.8. The van der Waals surface area contributed by atoms with E-state index in [0.29, 0.717) is 41.8 Å². The molecule has 0 N–H and O–H groups in total. The van der Waals surface area contributed by atoms with Crippen LogP contribution in [0.15, 0.2) is 85.5 Å². The molecule has 0 spiro atoms. The van der Waals surface area contributed by atoms with Crippen LogP contribution in [-0.2, 0) is 16.1 Å². The number of hydrogen-bond donors (Lipinski definition) is 0. The largest absolute Gasteiger partial charge is 0.490 e. The van der Waals surface area contributed by atoms with Crippen molar-refractivity contribution in [3.05, 3.63) is 102 Å². The van der Waals surface area contributed by atoms with Gasteiger partial charge in [0.15, 0.2) is 6.79 Å². The molecule has 0 fully saturated rings. The van der Waals surface area contributed by atoms with Gasteiger partial charge in [-0.2, -0.15) is 0 Å². The number of hydrogen-bond acceptors (Lipinski definition) is 6. The molecule has 0 aromatic heterocycles. The van der Waals surface area contributed by atoms with Gasteiger partial charge in [-0.3, -0.25) is 0 Å². The van der Waals surface area contributed by atoms with Gasteiger partial charge in [-0.1, -0.05) is 43.0 Å². The molecular formula is C28H26O6. The molecule has 3 aromatic rings. The minimum Gasteiger partial charge on any atom is -0.490 e. The van der Waals surface area contributed by atoms with E-state index in [1.54, 1.807) is 31.4 Å². The number of carbonyl (C=O) groups is 1. The molecule has 0 saturated carbocycles. The SMILES string of the molecule is C=CCOc1ccc(C2=CC(C=O)c3c(OCc4ccccc4)cc(OCOC)cc3O2)cc1. The predicted molar refractivity (Wildman–Crippen MR) is 129 cm³/mol. The van der Waals surface area contributed by atoms with E-state index in [1.165, 1.54) is 0 Å². The Hall–Kier alpha value is -4.03. The number of ether oxygens (including phenoxy) is 5. The molecule has 6 heteroatoms. The van der Waals surface area contributed by atoms with Gasteiger partial charge in [-0.15, -0.1) is 0 Å². The van der Waals surface area contributed by atoms with Crippen LogP contribution in [0.5, 0.6) is 23.0 Å². The Kier molecular flexibility index (Phi) is 7.63. The molecule has 0 aliphatic carbocycles. The third kappa shape index (κ3) is 5.47. The fourth-order valence-electron chi connectivity index (χ4n) is 3.59. The lowest BCUT2D eigenvalue weighted by Gasteiger charge is -2.25. The van der Waals surface area contributed by atoms with Gasteiger partial charge in [0.05, 0.1) is 11.5 Å². The number of benzene rings is 3. The van der Waals surface area contributed by atoms with Crippen molar-refractivity contribution in [1.29, 1.82) is 0 Å². The van der Waals surface area contributed by atoms with E-state index in [0.717, 1.165) is 23.2 Å². The second-order valence-corrected chi connectivity index (χ2v) is 7.58. The van der Waals surface area contributed by atoms with E-state index >= 15 is 0 Å². The van der Waals surface area contributed by atoms with Gasteiger partial charge < -0.3 is 28.5 Å². The third-order valence-electron chi connectivity index (χ3n) is 5.20. The third-order valence-corrected chi connectivity index (χ3v) is 5.20. The summed E-state index contributed by atoms with van der Waals surface area (Å²) in [5.41, 5.74) is 2.48. The van der Waals surface area contributed by atoms with Crippen molar-refractivity contribution >= 4 is 12.0 Å². The molecule has 0 bridgehead atoms. The molecule has 174 valence electrons. The van der Waals surface area contributed by atoms with Crippen LogP contribution < -0.4 is 18.9 Å². The molecule has 0 radical (unpaired) electrons. The van der Waals surface area contributed by atoms with Crippen LogP contribution >= 0.6 is 0 Å². The Balaban J connectivity index is 1.65. The second-order valence-electron chi connectivity index (χ2n) is 7.58. The zero-order valence-electron chi connectivity index (χ0n) is 18.9. The smallest absolute Gasteiger partial charge is 0.188 e. The van der Waals surface area contributed by atoms with Crippen LogP contribution in [0.4, 0.5) is 0 Å². The van der Waals surface area contributed by atoms with Gasteiger partial charge in [0.2, 0.25) is 0 Å². The highest BCUT2D eigenvalue weighted by molar-refractivity contribution is 5.79. The lowest BCUT2D eigenvalue weighted by atomic mass is 9.93. The molecular weight excluding hydrogens is 432 g/mol. The summed E-state index contributed by atoms with van der Waals surface area (Å²) >= 11 is 0. The normalized spacial score (nSPS) is 14.3. The Labute approximate surface area is 199 Å². The molecule has 1 aliphatic rings. The molecule has 1 heterocycles. The predicted octanol–water partition coefficient (Wildman–Crippen LogP) is 5.53. The molecule has 1 aliphatic heterocycles. The maximum absolute atomic E-state index is 12.1. The van der Waals surface area contributed by atoms with Crippen molar-refractivity contribution in [3.63, 3.8) is 0 Å². The van der Waals surface area contributed by atoms with E-state index in [-0.39, 0.29) is 6.79 Å². The van der Waals surface area contributed by atoms with Crippen molar-refractivity contribution in [2.24, 2.45) is 0 Å². The molecule has 0 saturated heterocycles. The summed E-state index contributed by atoms with van der Waals surface area (Å²) in [6.45, 7) is 4.49. The highest BCUT2D eigenvalue weighted by atomic mass is 16.7. The van der Waals surface area contributed by atoms with Crippen molar-refractivity contribution in [1.82, 2.24) is 0 Å². The van der Waals surface area contributed by atoms with Gasteiger partial charge in [0, 0.05) is 24.8 Å². The van der Waals surface area contributed by atoms with E-state index < -0.39 is 5.92 Å². The van der Waals surface area contributed by atoms with E-state index in [9.17, 15) is 4.79 Å². The quantitative estimate of drug-likeness (QED) is 0.214. The first-order valence-corrected chi connectivity index (χ1v) is 10.9. The average molecular weight is 459 g/mol. The maximum atomic E-state index is 12.1. The van der Waals surface area contributed by atoms with Gasteiger partial charge in [0.25, 0.3) is 0 Å². The highest BCUT2D eigenvalue weighted by Crippen LogP contribution is 2.45. The summed E-state index contributed by atoms with van der Waals surface area (Å²) < 4.78 is 28.6. The van der Waals surface area contributed by atoms with Gasteiger partial charge >= 0.3 is 0 Å². The minimum atomic E-state index is -0.544. The van der Waals surface area contributed by atoms with Crippen LogP contribution in [0.3, 0.4) is 0 Å². The second kappa shape index (κ2) is 11.2. The molecule has 0 amide bonds. The lowest BCUT2D eigenvalue weighted by Crippen LogP contribution is -2.13. The number of fused-ring (bicyclic) bond motifs is 1. The first-order valence-electron chi connectivity index (χ1n) is 10.9. The lowest BCUT2D eigenvalue weighted by molar-refractivity contribution is -0.108. The highest BCUT2D eigenvalue weighted by Gasteiger charge is 2.28. The maximum Gasteiger partial charge on any atom is 0.188 e. The Morgan fingerprint density at radius 1 is 0.971 bits per heavy atom. The summed E-state index contributed by atoms with van der Waals surface area (Å²) in [5, 5.41) is 0. The summed E-state index contributed by atoms with van der Waals surface area (Å²) in [5.74, 6) is 2.28. The van der Waals surface area contributed by atoms with Crippen LogP contribution in [0.1, 0.15) is 22.6 Å². The van der Waals surface area contributed by atoms with Crippen LogP contribution in [-0.4, -0.2) is 26.8 Å². The topological polar surface area (TPSA) is 63.2 Å². The monoisotopic (exact) mass is 458 g/mol. The summed E-state index contributed by atoms with van der Waals surface area (Å²) in [6.07, 6.45) is 4.36. The Morgan fingerprint density at radius 2 is 1.76 bits per heavy atom. The minimum absolute atomic E-state index is 0.0723. The van der Waals surface area contributed by atoms with Crippen LogP contribution in [0.2, 0.25) is 0 Å². The van der Waals surface area contributed by atoms with Crippen molar-refractivity contribution in [2.75, 3.05) is 20.5 Å². The summed E-state index contributed by atoms with van der Waals surface area (Å²) in [7, 11) is 1.55.